The Hall–Kier alpha value is -3.22. The molecule has 0 saturated heterocycles. The van der Waals surface area contributed by atoms with E-state index in [-0.39, 0.29) is 5.78 Å². The number of aliphatic hydroxyl groups excluding tert-OH is 1. The molecule has 3 N–H and O–H groups in total. The molecule has 1 aliphatic heterocycles. The summed E-state index contributed by atoms with van der Waals surface area (Å²) in [6, 6.07) is 15.0. The van der Waals surface area contributed by atoms with Gasteiger partial charge in [-0.05, 0) is 56.2 Å². The van der Waals surface area contributed by atoms with Crippen LogP contribution in [-0.4, -0.2) is 22.5 Å². The largest absolute Gasteiger partial charge is 0.492 e. The second kappa shape index (κ2) is 8.49. The zero-order valence-electron chi connectivity index (χ0n) is 17.9. The van der Waals surface area contributed by atoms with Gasteiger partial charge >= 0.3 is 0 Å². The highest BCUT2D eigenvalue weighted by atomic mass is 16.5. The number of nitrogens with two attached hydrogens (primary N) is 1. The average Bonchev–Trinajstić information content (AvgIpc) is 2.73. The number of aromatic nitrogens is 1. The molecular formula is C25H26N2O4. The lowest BCUT2D eigenvalue weighted by Gasteiger charge is -2.25. The molecule has 0 radical (unpaired) electrons. The Morgan fingerprint density at radius 3 is 2.29 bits per heavy atom. The van der Waals surface area contributed by atoms with E-state index in [1.165, 1.54) is 0 Å². The van der Waals surface area contributed by atoms with E-state index in [0.29, 0.717) is 35.7 Å². The number of aryl methyl sites for hydroxylation is 2. The van der Waals surface area contributed by atoms with Gasteiger partial charge in [-0.15, -0.1) is 0 Å². The minimum absolute atomic E-state index is 0.0868. The zero-order valence-corrected chi connectivity index (χ0v) is 17.9. The number of Topliss-reactive ketones (excluding diaryl/α,β-unsaturated/α-hetero) is 1. The maximum absolute atomic E-state index is 12.2. The SMILES string of the molecule is Cc1cc(C(Oc2ccc3c(c2C)OCCC3=O)c2ccc(C(N)O)cc2)cc(C)n1. The van der Waals surface area contributed by atoms with Crippen LogP contribution in [0, 0.1) is 20.8 Å². The predicted octanol–water partition coefficient (Wildman–Crippen LogP) is 4.09. The Labute approximate surface area is 181 Å². The van der Waals surface area contributed by atoms with Crippen molar-refractivity contribution in [2.24, 2.45) is 5.73 Å². The van der Waals surface area contributed by atoms with Crippen molar-refractivity contribution in [3.05, 3.63) is 87.7 Å². The van der Waals surface area contributed by atoms with E-state index in [2.05, 4.69) is 4.98 Å². The average molecular weight is 418 g/mol. The fourth-order valence-electron chi connectivity index (χ4n) is 3.93. The first-order valence-electron chi connectivity index (χ1n) is 10.3. The lowest BCUT2D eigenvalue weighted by atomic mass is 9.98. The van der Waals surface area contributed by atoms with Crippen LogP contribution in [0.3, 0.4) is 0 Å². The monoisotopic (exact) mass is 418 g/mol. The standard InChI is InChI=1S/C25H26N2O4/c1-14-12-19(13-15(2)27-14)24(17-4-6-18(7-5-17)25(26)29)31-22-9-8-20-21(28)10-11-30-23(20)16(22)3/h4-9,12-13,24-25,29H,10-11,26H2,1-3H3. The van der Waals surface area contributed by atoms with Crippen LogP contribution in [0.1, 0.15) is 62.8 Å². The minimum Gasteiger partial charge on any atom is -0.492 e. The van der Waals surface area contributed by atoms with Crippen molar-refractivity contribution in [2.75, 3.05) is 6.61 Å². The summed E-state index contributed by atoms with van der Waals surface area (Å²) in [6.45, 7) is 6.18. The maximum Gasteiger partial charge on any atom is 0.170 e. The normalized spacial score (nSPS) is 15.1. The molecule has 1 aromatic heterocycles. The van der Waals surface area contributed by atoms with Crippen molar-refractivity contribution >= 4 is 5.78 Å². The van der Waals surface area contributed by atoms with Gasteiger partial charge in [0.05, 0.1) is 12.2 Å². The number of nitrogens with zero attached hydrogens (tertiary/aromatic N) is 1. The molecule has 3 aromatic rings. The smallest absolute Gasteiger partial charge is 0.170 e. The third-order valence-corrected chi connectivity index (χ3v) is 5.46. The van der Waals surface area contributed by atoms with E-state index < -0.39 is 12.3 Å². The molecule has 160 valence electrons. The Balaban J connectivity index is 1.77. The number of hydrogen-bond donors (Lipinski definition) is 2. The molecule has 0 aliphatic carbocycles. The topological polar surface area (TPSA) is 94.7 Å². The highest BCUT2D eigenvalue weighted by molar-refractivity contribution is 6.00. The molecular weight excluding hydrogens is 392 g/mol. The van der Waals surface area contributed by atoms with E-state index in [4.69, 9.17) is 15.2 Å². The van der Waals surface area contributed by atoms with Crippen molar-refractivity contribution in [1.82, 2.24) is 4.98 Å². The van der Waals surface area contributed by atoms with E-state index in [1.807, 2.05) is 51.1 Å². The first-order chi connectivity index (χ1) is 14.8. The molecule has 2 aromatic carbocycles. The van der Waals surface area contributed by atoms with E-state index in [0.717, 1.165) is 28.1 Å². The molecule has 0 amide bonds. The quantitative estimate of drug-likeness (QED) is 0.606. The van der Waals surface area contributed by atoms with Crippen LogP contribution in [0.2, 0.25) is 0 Å². The van der Waals surface area contributed by atoms with Crippen LogP contribution in [0.15, 0.2) is 48.5 Å². The fourth-order valence-corrected chi connectivity index (χ4v) is 3.93. The minimum atomic E-state index is -1.03. The maximum atomic E-state index is 12.2. The van der Waals surface area contributed by atoms with Gasteiger partial charge in [0.2, 0.25) is 0 Å². The van der Waals surface area contributed by atoms with Gasteiger partial charge in [0.1, 0.15) is 23.8 Å². The lowest BCUT2D eigenvalue weighted by Crippen LogP contribution is -2.17. The Morgan fingerprint density at radius 1 is 1.00 bits per heavy atom. The van der Waals surface area contributed by atoms with Crippen LogP contribution in [0.4, 0.5) is 0 Å². The van der Waals surface area contributed by atoms with Crippen LogP contribution in [0.25, 0.3) is 0 Å². The summed E-state index contributed by atoms with van der Waals surface area (Å²) in [4.78, 5) is 16.7. The summed E-state index contributed by atoms with van der Waals surface area (Å²) >= 11 is 0. The Kier molecular flexibility index (Phi) is 5.76. The first-order valence-corrected chi connectivity index (χ1v) is 10.3. The summed E-state index contributed by atoms with van der Waals surface area (Å²) in [5.41, 5.74) is 11.3. The molecule has 4 rings (SSSR count). The number of ketones is 1. The third kappa shape index (κ3) is 4.31. The summed E-state index contributed by atoms with van der Waals surface area (Å²) < 4.78 is 12.3. The number of rotatable bonds is 5. The van der Waals surface area contributed by atoms with Gasteiger partial charge in [0, 0.05) is 28.9 Å². The number of pyridine rings is 1. The molecule has 6 heteroatoms. The molecule has 0 fully saturated rings. The summed E-state index contributed by atoms with van der Waals surface area (Å²) in [6.07, 6.45) is -1.05. The second-order valence-electron chi connectivity index (χ2n) is 7.88. The van der Waals surface area contributed by atoms with Gasteiger partial charge in [-0.3, -0.25) is 9.78 Å². The molecule has 0 bridgehead atoms. The number of fused-ring (bicyclic) bond motifs is 1. The number of aliphatic hydroxyl groups is 1. The van der Waals surface area contributed by atoms with Gasteiger partial charge in [0.25, 0.3) is 0 Å². The highest BCUT2D eigenvalue weighted by Gasteiger charge is 2.25. The fraction of sp³-hybridized carbons (Fsp3) is 0.280. The molecule has 1 aliphatic rings. The molecule has 2 heterocycles. The van der Waals surface area contributed by atoms with Gasteiger partial charge in [0.15, 0.2) is 5.78 Å². The van der Waals surface area contributed by atoms with Crippen molar-refractivity contribution in [1.29, 1.82) is 0 Å². The molecule has 0 saturated carbocycles. The van der Waals surface area contributed by atoms with Gasteiger partial charge in [-0.1, -0.05) is 24.3 Å². The molecule has 2 unspecified atom stereocenters. The van der Waals surface area contributed by atoms with Crippen molar-refractivity contribution < 1.29 is 19.4 Å². The molecule has 6 nitrogen and oxygen atoms in total. The third-order valence-electron chi connectivity index (χ3n) is 5.46. The van der Waals surface area contributed by atoms with E-state index in [1.54, 1.807) is 18.2 Å². The van der Waals surface area contributed by atoms with Crippen molar-refractivity contribution in [3.63, 3.8) is 0 Å². The van der Waals surface area contributed by atoms with Gasteiger partial charge in [-0.2, -0.15) is 0 Å². The highest BCUT2D eigenvalue weighted by Crippen LogP contribution is 2.38. The summed E-state index contributed by atoms with van der Waals surface area (Å²) in [5.74, 6) is 1.33. The number of carbonyl (C=O) groups excluding carboxylic acids is 1. The molecule has 2 atom stereocenters. The van der Waals surface area contributed by atoms with Gasteiger partial charge < -0.3 is 20.3 Å². The summed E-state index contributed by atoms with van der Waals surface area (Å²) in [7, 11) is 0. The van der Waals surface area contributed by atoms with Crippen molar-refractivity contribution in [3.8, 4) is 11.5 Å². The van der Waals surface area contributed by atoms with Crippen LogP contribution >= 0.6 is 0 Å². The second-order valence-corrected chi connectivity index (χ2v) is 7.88. The number of benzene rings is 2. The summed E-state index contributed by atoms with van der Waals surface area (Å²) in [5, 5.41) is 9.65. The van der Waals surface area contributed by atoms with E-state index >= 15 is 0 Å². The lowest BCUT2D eigenvalue weighted by molar-refractivity contribution is 0.0932. The van der Waals surface area contributed by atoms with Gasteiger partial charge in [-0.25, -0.2) is 0 Å². The predicted molar refractivity (Wildman–Crippen MR) is 117 cm³/mol. The van der Waals surface area contributed by atoms with Crippen LogP contribution in [-0.2, 0) is 0 Å². The van der Waals surface area contributed by atoms with Crippen LogP contribution in [0.5, 0.6) is 11.5 Å². The molecule has 31 heavy (non-hydrogen) atoms. The number of ether oxygens (including phenoxy) is 2. The number of hydrogen-bond acceptors (Lipinski definition) is 6. The van der Waals surface area contributed by atoms with E-state index in [9.17, 15) is 9.90 Å². The Bertz CT molecular complexity index is 1100. The van der Waals surface area contributed by atoms with Crippen LogP contribution < -0.4 is 15.2 Å². The molecule has 0 spiro atoms. The number of carbonyl (C=O) groups is 1. The zero-order chi connectivity index (χ0) is 22.1. The Morgan fingerprint density at radius 2 is 1.65 bits per heavy atom. The first kappa shape index (κ1) is 21.0. The van der Waals surface area contributed by atoms with Crippen molar-refractivity contribution in [2.45, 2.75) is 39.5 Å².